The van der Waals surface area contributed by atoms with E-state index < -0.39 is 0 Å². The van der Waals surface area contributed by atoms with Gasteiger partial charge in [-0.15, -0.1) is 0 Å². The van der Waals surface area contributed by atoms with E-state index in [4.69, 9.17) is 4.42 Å². The summed E-state index contributed by atoms with van der Waals surface area (Å²) in [6.07, 6.45) is 1.15. The first-order valence-corrected chi connectivity index (χ1v) is 7.69. The summed E-state index contributed by atoms with van der Waals surface area (Å²) in [6.45, 7) is 7.92. The van der Waals surface area contributed by atoms with Crippen LogP contribution in [-0.2, 0) is 19.6 Å². The van der Waals surface area contributed by atoms with Crippen molar-refractivity contribution in [2.75, 3.05) is 13.6 Å². The van der Waals surface area contributed by atoms with Crippen LogP contribution in [0.2, 0.25) is 0 Å². The topological polar surface area (TPSA) is 28.4 Å². The van der Waals surface area contributed by atoms with Gasteiger partial charge in [-0.25, -0.2) is 0 Å². The molecule has 0 aliphatic heterocycles. The van der Waals surface area contributed by atoms with Crippen molar-refractivity contribution in [2.45, 2.75) is 39.9 Å². The van der Waals surface area contributed by atoms with Crippen LogP contribution < -0.4 is 5.32 Å². The monoisotopic (exact) mass is 286 g/mol. The molecule has 1 aromatic heterocycles. The third-order valence-electron chi connectivity index (χ3n) is 3.40. The third-order valence-corrected chi connectivity index (χ3v) is 3.40. The SMILES string of the molecule is CCCNCc1ccc(CN(C)Cc2cccc(C)c2)o1. The molecule has 0 radical (unpaired) electrons. The van der Waals surface area contributed by atoms with Gasteiger partial charge in [-0.3, -0.25) is 4.90 Å². The van der Waals surface area contributed by atoms with Crippen LogP contribution in [0.25, 0.3) is 0 Å². The molecule has 21 heavy (non-hydrogen) atoms. The van der Waals surface area contributed by atoms with Crippen molar-refractivity contribution in [1.82, 2.24) is 10.2 Å². The van der Waals surface area contributed by atoms with Crippen LogP contribution in [0.4, 0.5) is 0 Å². The van der Waals surface area contributed by atoms with Gasteiger partial charge in [-0.1, -0.05) is 36.8 Å². The molecule has 0 fully saturated rings. The largest absolute Gasteiger partial charge is 0.463 e. The van der Waals surface area contributed by atoms with Gasteiger partial charge in [-0.05, 0) is 44.6 Å². The van der Waals surface area contributed by atoms with Crippen LogP contribution in [0.1, 0.15) is 36.0 Å². The molecule has 0 aliphatic carbocycles. The van der Waals surface area contributed by atoms with Crippen molar-refractivity contribution in [3.8, 4) is 0 Å². The van der Waals surface area contributed by atoms with E-state index in [1.165, 1.54) is 11.1 Å². The summed E-state index contributed by atoms with van der Waals surface area (Å²) in [5.74, 6) is 2.04. The number of aryl methyl sites for hydroxylation is 1. The highest BCUT2D eigenvalue weighted by Crippen LogP contribution is 2.12. The van der Waals surface area contributed by atoms with E-state index in [-0.39, 0.29) is 0 Å². The van der Waals surface area contributed by atoms with Crippen molar-refractivity contribution in [3.63, 3.8) is 0 Å². The van der Waals surface area contributed by atoms with Crippen LogP contribution in [0.5, 0.6) is 0 Å². The Hall–Kier alpha value is -1.58. The van der Waals surface area contributed by atoms with Gasteiger partial charge >= 0.3 is 0 Å². The summed E-state index contributed by atoms with van der Waals surface area (Å²) in [7, 11) is 2.12. The molecule has 1 heterocycles. The molecule has 114 valence electrons. The zero-order valence-electron chi connectivity index (χ0n) is 13.4. The lowest BCUT2D eigenvalue weighted by Crippen LogP contribution is -2.17. The lowest BCUT2D eigenvalue weighted by molar-refractivity contribution is 0.282. The van der Waals surface area contributed by atoms with Crippen LogP contribution in [0, 0.1) is 6.92 Å². The van der Waals surface area contributed by atoms with Gasteiger partial charge in [0.25, 0.3) is 0 Å². The van der Waals surface area contributed by atoms with E-state index in [1.807, 2.05) is 0 Å². The Balaban J connectivity index is 1.83. The Morgan fingerprint density at radius 3 is 2.67 bits per heavy atom. The van der Waals surface area contributed by atoms with Crippen molar-refractivity contribution >= 4 is 0 Å². The normalized spacial score (nSPS) is 11.2. The van der Waals surface area contributed by atoms with Crippen molar-refractivity contribution in [2.24, 2.45) is 0 Å². The summed E-state index contributed by atoms with van der Waals surface area (Å²) in [4.78, 5) is 2.27. The first-order valence-electron chi connectivity index (χ1n) is 7.69. The summed E-state index contributed by atoms with van der Waals surface area (Å²) < 4.78 is 5.86. The van der Waals surface area contributed by atoms with E-state index in [0.717, 1.165) is 44.1 Å². The standard InChI is InChI=1S/C18H26N2O/c1-4-10-19-12-17-8-9-18(21-17)14-20(3)13-16-7-5-6-15(2)11-16/h5-9,11,19H,4,10,12-14H2,1-3H3. The molecule has 1 aromatic carbocycles. The molecule has 0 saturated heterocycles. The number of hydrogen-bond donors (Lipinski definition) is 1. The molecule has 1 N–H and O–H groups in total. The lowest BCUT2D eigenvalue weighted by atomic mass is 10.1. The molecule has 3 heteroatoms. The first kappa shape index (κ1) is 15.8. The van der Waals surface area contributed by atoms with Gasteiger partial charge in [0.1, 0.15) is 11.5 Å². The summed E-state index contributed by atoms with van der Waals surface area (Å²) in [6, 6.07) is 12.8. The van der Waals surface area contributed by atoms with Crippen LogP contribution in [0.15, 0.2) is 40.8 Å². The van der Waals surface area contributed by atoms with Gasteiger partial charge in [0, 0.05) is 6.54 Å². The number of benzene rings is 1. The van der Waals surface area contributed by atoms with E-state index in [2.05, 4.69) is 67.5 Å². The fraction of sp³-hybridized carbons (Fsp3) is 0.444. The maximum Gasteiger partial charge on any atom is 0.118 e. The van der Waals surface area contributed by atoms with Crippen molar-refractivity contribution in [1.29, 1.82) is 0 Å². The van der Waals surface area contributed by atoms with Gasteiger partial charge in [0.05, 0.1) is 13.1 Å². The second-order valence-electron chi connectivity index (χ2n) is 5.71. The van der Waals surface area contributed by atoms with Gasteiger partial charge in [-0.2, -0.15) is 0 Å². The third kappa shape index (κ3) is 5.37. The Kier molecular flexibility index (Phi) is 6.03. The van der Waals surface area contributed by atoms with E-state index >= 15 is 0 Å². The molecule has 0 amide bonds. The number of rotatable bonds is 8. The highest BCUT2D eigenvalue weighted by Gasteiger charge is 2.06. The zero-order valence-corrected chi connectivity index (χ0v) is 13.4. The summed E-state index contributed by atoms with van der Waals surface area (Å²) in [5, 5.41) is 3.36. The maximum absolute atomic E-state index is 5.86. The molecule has 0 saturated carbocycles. The summed E-state index contributed by atoms with van der Waals surface area (Å²) >= 11 is 0. The molecule has 2 rings (SSSR count). The molecule has 0 unspecified atom stereocenters. The minimum absolute atomic E-state index is 0.815. The highest BCUT2D eigenvalue weighted by molar-refractivity contribution is 5.22. The Labute approximate surface area is 128 Å². The number of furan rings is 1. The van der Waals surface area contributed by atoms with Crippen LogP contribution >= 0.6 is 0 Å². The quantitative estimate of drug-likeness (QED) is 0.750. The highest BCUT2D eigenvalue weighted by atomic mass is 16.3. The number of nitrogens with zero attached hydrogens (tertiary/aromatic N) is 1. The molecule has 0 bridgehead atoms. The number of nitrogens with one attached hydrogen (secondary N) is 1. The van der Waals surface area contributed by atoms with Gasteiger partial charge < -0.3 is 9.73 Å². The smallest absolute Gasteiger partial charge is 0.118 e. The second kappa shape index (κ2) is 8.01. The fourth-order valence-corrected chi connectivity index (χ4v) is 2.43. The summed E-state index contributed by atoms with van der Waals surface area (Å²) in [5.41, 5.74) is 2.65. The minimum Gasteiger partial charge on any atom is -0.463 e. The number of hydrogen-bond acceptors (Lipinski definition) is 3. The molecule has 3 nitrogen and oxygen atoms in total. The second-order valence-corrected chi connectivity index (χ2v) is 5.71. The molecular weight excluding hydrogens is 260 g/mol. The predicted molar refractivity (Wildman–Crippen MR) is 87.1 cm³/mol. The van der Waals surface area contributed by atoms with E-state index in [1.54, 1.807) is 0 Å². The minimum atomic E-state index is 0.815. The van der Waals surface area contributed by atoms with Gasteiger partial charge in [0.15, 0.2) is 0 Å². The van der Waals surface area contributed by atoms with Crippen molar-refractivity contribution in [3.05, 3.63) is 59.0 Å². The Bertz CT molecular complexity index is 548. The average Bonchev–Trinajstić information content (AvgIpc) is 2.86. The molecule has 0 spiro atoms. The predicted octanol–water partition coefficient (Wildman–Crippen LogP) is 3.72. The Morgan fingerprint density at radius 1 is 1.10 bits per heavy atom. The fourth-order valence-electron chi connectivity index (χ4n) is 2.43. The molecule has 0 aliphatic rings. The molecule has 0 atom stereocenters. The zero-order chi connectivity index (χ0) is 15.1. The van der Waals surface area contributed by atoms with Crippen LogP contribution in [-0.4, -0.2) is 18.5 Å². The van der Waals surface area contributed by atoms with E-state index in [0.29, 0.717) is 0 Å². The first-order chi connectivity index (χ1) is 10.2. The lowest BCUT2D eigenvalue weighted by Gasteiger charge is -2.15. The molecule has 2 aromatic rings. The average molecular weight is 286 g/mol. The van der Waals surface area contributed by atoms with Crippen LogP contribution in [0.3, 0.4) is 0 Å². The van der Waals surface area contributed by atoms with Crippen molar-refractivity contribution < 1.29 is 4.42 Å². The Morgan fingerprint density at radius 2 is 1.90 bits per heavy atom. The van der Waals surface area contributed by atoms with E-state index in [9.17, 15) is 0 Å². The molecular formula is C18H26N2O. The maximum atomic E-state index is 5.86. The van der Waals surface area contributed by atoms with Gasteiger partial charge in [0.2, 0.25) is 0 Å².